The van der Waals surface area contributed by atoms with Crippen LogP contribution in [-0.2, 0) is 10.2 Å². The number of nitrogens with zero attached hydrogens (tertiary/aromatic N) is 1. The van der Waals surface area contributed by atoms with E-state index >= 15 is 0 Å². The van der Waals surface area contributed by atoms with E-state index in [9.17, 15) is 4.79 Å². The summed E-state index contributed by atoms with van der Waals surface area (Å²) >= 11 is 0. The molecule has 1 fully saturated rings. The molecule has 0 atom stereocenters. The molecule has 1 saturated carbocycles. The van der Waals surface area contributed by atoms with Crippen LogP contribution in [-0.4, -0.2) is 25.2 Å². The summed E-state index contributed by atoms with van der Waals surface area (Å²) in [5.74, 6) is -0.699. The van der Waals surface area contributed by atoms with E-state index < -0.39 is 5.97 Å². The molecule has 98 valence electrons. The van der Waals surface area contributed by atoms with Gasteiger partial charge in [-0.2, -0.15) is 0 Å². The molecule has 1 aromatic rings. The molecule has 0 bridgehead atoms. The topological polar surface area (TPSA) is 40.5 Å². The first-order valence-electron chi connectivity index (χ1n) is 6.36. The van der Waals surface area contributed by atoms with Crippen LogP contribution in [0.1, 0.15) is 36.0 Å². The molecule has 2 rings (SSSR count). The number of anilines is 1. The Balaban J connectivity index is 2.49. The van der Waals surface area contributed by atoms with E-state index in [4.69, 9.17) is 5.11 Å². The standard InChI is InChI=1S/C15H21NO2/c1-10-7-12(13(16(3)4)8-11(10)2)15(5-6-15)9-14(17)18/h7-8H,5-6,9H2,1-4H3,(H,17,18). The number of hydrogen-bond donors (Lipinski definition) is 1. The fraction of sp³-hybridized carbons (Fsp3) is 0.533. The number of carboxylic acid groups (broad SMARTS) is 1. The lowest BCUT2D eigenvalue weighted by Gasteiger charge is -2.24. The van der Waals surface area contributed by atoms with Crippen LogP contribution >= 0.6 is 0 Å². The van der Waals surface area contributed by atoms with Crippen LogP contribution < -0.4 is 4.90 Å². The number of carboxylic acids is 1. The van der Waals surface area contributed by atoms with Gasteiger partial charge in [-0.1, -0.05) is 6.07 Å². The molecule has 1 aromatic carbocycles. The largest absolute Gasteiger partial charge is 0.481 e. The van der Waals surface area contributed by atoms with E-state index in [0.29, 0.717) is 0 Å². The Bertz CT molecular complexity index is 488. The van der Waals surface area contributed by atoms with Crippen LogP contribution in [0.5, 0.6) is 0 Å². The predicted molar refractivity (Wildman–Crippen MR) is 73.4 cm³/mol. The van der Waals surface area contributed by atoms with E-state index in [1.165, 1.54) is 16.7 Å². The lowest BCUT2D eigenvalue weighted by molar-refractivity contribution is -0.137. The van der Waals surface area contributed by atoms with Crippen molar-refractivity contribution in [3.05, 3.63) is 28.8 Å². The molecule has 3 nitrogen and oxygen atoms in total. The summed E-state index contributed by atoms with van der Waals surface area (Å²) in [5.41, 5.74) is 4.75. The molecule has 0 radical (unpaired) electrons. The van der Waals surface area contributed by atoms with Gasteiger partial charge in [0.15, 0.2) is 0 Å². The summed E-state index contributed by atoms with van der Waals surface area (Å²) in [5, 5.41) is 9.09. The van der Waals surface area contributed by atoms with Crippen molar-refractivity contribution >= 4 is 11.7 Å². The Morgan fingerprint density at radius 3 is 2.28 bits per heavy atom. The van der Waals surface area contributed by atoms with Crippen LogP contribution in [0.2, 0.25) is 0 Å². The van der Waals surface area contributed by atoms with E-state index in [1.54, 1.807) is 0 Å². The summed E-state index contributed by atoms with van der Waals surface area (Å²) in [6.45, 7) is 4.19. The van der Waals surface area contributed by atoms with Gasteiger partial charge in [0, 0.05) is 25.2 Å². The van der Waals surface area contributed by atoms with Crippen LogP contribution in [0.3, 0.4) is 0 Å². The summed E-state index contributed by atoms with van der Waals surface area (Å²) < 4.78 is 0. The maximum atomic E-state index is 11.0. The minimum absolute atomic E-state index is 0.121. The predicted octanol–water partition coefficient (Wildman–Crippen LogP) is 2.88. The number of rotatable bonds is 4. The number of aryl methyl sites for hydroxylation is 2. The molecule has 1 aliphatic rings. The molecule has 1 N–H and O–H groups in total. The van der Waals surface area contributed by atoms with Gasteiger partial charge in [-0.15, -0.1) is 0 Å². The number of carbonyl (C=O) groups is 1. The zero-order chi connectivity index (χ0) is 13.5. The highest BCUT2D eigenvalue weighted by atomic mass is 16.4. The number of benzene rings is 1. The van der Waals surface area contributed by atoms with Gasteiger partial charge in [-0.25, -0.2) is 0 Å². The highest BCUT2D eigenvalue weighted by Gasteiger charge is 2.47. The van der Waals surface area contributed by atoms with Gasteiger partial charge >= 0.3 is 5.97 Å². The van der Waals surface area contributed by atoms with Gasteiger partial charge in [-0.3, -0.25) is 4.79 Å². The summed E-state index contributed by atoms with van der Waals surface area (Å²) in [6.07, 6.45) is 2.22. The minimum Gasteiger partial charge on any atom is -0.481 e. The van der Waals surface area contributed by atoms with Crippen LogP contribution in [0.15, 0.2) is 12.1 Å². The normalized spacial score (nSPS) is 16.4. The lowest BCUT2D eigenvalue weighted by Crippen LogP contribution is -2.19. The monoisotopic (exact) mass is 247 g/mol. The first-order chi connectivity index (χ1) is 8.35. The van der Waals surface area contributed by atoms with Crippen molar-refractivity contribution in [2.24, 2.45) is 0 Å². The van der Waals surface area contributed by atoms with E-state index in [0.717, 1.165) is 18.5 Å². The number of hydrogen-bond acceptors (Lipinski definition) is 2. The first kappa shape index (κ1) is 12.9. The quantitative estimate of drug-likeness (QED) is 0.889. The maximum Gasteiger partial charge on any atom is 0.304 e. The van der Waals surface area contributed by atoms with Gasteiger partial charge in [-0.05, 0) is 49.4 Å². The lowest BCUT2D eigenvalue weighted by atomic mass is 9.88. The third kappa shape index (κ3) is 2.22. The zero-order valence-corrected chi connectivity index (χ0v) is 11.6. The summed E-state index contributed by atoms with van der Waals surface area (Å²) in [7, 11) is 4.04. The van der Waals surface area contributed by atoms with Gasteiger partial charge in [0.25, 0.3) is 0 Å². The fourth-order valence-electron chi connectivity index (χ4n) is 2.58. The SMILES string of the molecule is Cc1cc(N(C)C)c(C2(CC(=O)O)CC2)cc1C. The Morgan fingerprint density at radius 2 is 1.83 bits per heavy atom. The van der Waals surface area contributed by atoms with E-state index in [-0.39, 0.29) is 11.8 Å². The molecular weight excluding hydrogens is 226 g/mol. The molecule has 0 amide bonds. The second-order valence-corrected chi connectivity index (χ2v) is 5.70. The average molecular weight is 247 g/mol. The van der Waals surface area contributed by atoms with Crippen molar-refractivity contribution in [3.63, 3.8) is 0 Å². The maximum absolute atomic E-state index is 11.0. The Labute approximate surface area is 108 Å². The molecule has 0 aromatic heterocycles. The summed E-state index contributed by atoms with van der Waals surface area (Å²) in [4.78, 5) is 13.1. The molecule has 0 heterocycles. The Morgan fingerprint density at radius 1 is 1.28 bits per heavy atom. The highest BCUT2D eigenvalue weighted by molar-refractivity contribution is 5.72. The van der Waals surface area contributed by atoms with Crippen LogP contribution in [0.4, 0.5) is 5.69 Å². The van der Waals surface area contributed by atoms with Crippen LogP contribution in [0, 0.1) is 13.8 Å². The van der Waals surface area contributed by atoms with E-state index in [2.05, 4.69) is 30.9 Å². The van der Waals surface area contributed by atoms with E-state index in [1.807, 2.05) is 14.1 Å². The molecule has 0 unspecified atom stereocenters. The third-order valence-corrected chi connectivity index (χ3v) is 4.01. The molecule has 0 saturated heterocycles. The molecular formula is C15H21NO2. The van der Waals surface area contributed by atoms with Crippen molar-refractivity contribution in [1.29, 1.82) is 0 Å². The highest BCUT2D eigenvalue weighted by Crippen LogP contribution is 2.54. The van der Waals surface area contributed by atoms with Crippen molar-refractivity contribution in [2.75, 3.05) is 19.0 Å². The molecule has 0 aliphatic heterocycles. The molecule has 3 heteroatoms. The third-order valence-electron chi connectivity index (χ3n) is 4.01. The Hall–Kier alpha value is -1.51. The second-order valence-electron chi connectivity index (χ2n) is 5.70. The fourth-order valence-corrected chi connectivity index (χ4v) is 2.58. The van der Waals surface area contributed by atoms with Gasteiger partial charge in [0.1, 0.15) is 0 Å². The molecule has 0 spiro atoms. The molecule has 1 aliphatic carbocycles. The average Bonchev–Trinajstić information content (AvgIpc) is 3.01. The smallest absolute Gasteiger partial charge is 0.304 e. The summed E-state index contributed by atoms with van der Waals surface area (Å²) in [6, 6.07) is 4.35. The van der Waals surface area contributed by atoms with Crippen molar-refractivity contribution in [3.8, 4) is 0 Å². The van der Waals surface area contributed by atoms with Crippen LogP contribution in [0.25, 0.3) is 0 Å². The first-order valence-corrected chi connectivity index (χ1v) is 6.36. The molecule has 18 heavy (non-hydrogen) atoms. The van der Waals surface area contributed by atoms with Gasteiger partial charge in [0.05, 0.1) is 6.42 Å². The van der Waals surface area contributed by atoms with Crippen molar-refractivity contribution in [2.45, 2.75) is 38.5 Å². The minimum atomic E-state index is -0.699. The number of aliphatic carboxylic acids is 1. The van der Waals surface area contributed by atoms with Crippen molar-refractivity contribution < 1.29 is 9.90 Å². The second kappa shape index (κ2) is 4.30. The van der Waals surface area contributed by atoms with Gasteiger partial charge in [0.2, 0.25) is 0 Å². The van der Waals surface area contributed by atoms with Gasteiger partial charge < -0.3 is 10.0 Å². The zero-order valence-electron chi connectivity index (χ0n) is 11.6. The Kier molecular flexibility index (Phi) is 3.09. The van der Waals surface area contributed by atoms with Crippen molar-refractivity contribution in [1.82, 2.24) is 0 Å².